The number of rotatable bonds is 3. The maximum absolute atomic E-state index is 8.94. The van der Waals surface area contributed by atoms with E-state index in [0.29, 0.717) is 0 Å². The van der Waals surface area contributed by atoms with E-state index in [-0.39, 0.29) is 19.8 Å². The molecule has 0 aliphatic carbocycles. The van der Waals surface area contributed by atoms with Gasteiger partial charge in [-0.15, -0.1) is 0 Å². The summed E-state index contributed by atoms with van der Waals surface area (Å²) in [5.41, 5.74) is 2.46. The Morgan fingerprint density at radius 2 is 1.25 bits per heavy atom. The molecule has 2 heteroatoms. The fraction of sp³-hybridized carbons (Fsp3) is 0.0714. The molecule has 2 aromatic carbocycles. The minimum atomic E-state index is -0.0529. The minimum absolute atomic E-state index is 0.0529. The van der Waals surface area contributed by atoms with E-state index in [0.717, 1.165) is 0 Å². The van der Waals surface area contributed by atoms with E-state index in [1.54, 1.807) is 0 Å². The predicted octanol–water partition coefficient (Wildman–Crippen LogP) is 2.96. The summed E-state index contributed by atoms with van der Waals surface area (Å²) in [6.07, 6.45) is 0. The van der Waals surface area contributed by atoms with Crippen LogP contribution >= 0.6 is 0 Å². The number of benzene rings is 2. The Morgan fingerprint density at radius 1 is 0.812 bits per heavy atom. The standard InChI is InChI=1S/C14H11NSe/c15-11-16-14(12-7-3-1-4-8-12)13-9-5-2-6-10-13/h1-10,14H. The molecule has 0 bridgehead atoms. The van der Waals surface area contributed by atoms with Gasteiger partial charge in [0.15, 0.2) is 0 Å². The monoisotopic (exact) mass is 273 g/mol. The molecular weight excluding hydrogens is 261 g/mol. The van der Waals surface area contributed by atoms with Crippen LogP contribution in [0.5, 0.6) is 0 Å². The van der Waals surface area contributed by atoms with E-state index >= 15 is 0 Å². The molecule has 0 unspecified atom stereocenters. The van der Waals surface area contributed by atoms with E-state index in [9.17, 15) is 0 Å². The van der Waals surface area contributed by atoms with Gasteiger partial charge in [0, 0.05) is 0 Å². The molecule has 2 rings (SSSR count). The number of hydrogen-bond donors (Lipinski definition) is 0. The molecule has 16 heavy (non-hydrogen) atoms. The summed E-state index contributed by atoms with van der Waals surface area (Å²) >= 11 is -0.0529. The van der Waals surface area contributed by atoms with Gasteiger partial charge in [-0.25, -0.2) is 0 Å². The zero-order valence-electron chi connectivity index (χ0n) is 8.71. The molecule has 0 aromatic heterocycles. The third-order valence-electron chi connectivity index (χ3n) is 2.38. The van der Waals surface area contributed by atoms with Crippen LogP contribution in [0.1, 0.15) is 15.9 Å². The molecule has 0 spiro atoms. The van der Waals surface area contributed by atoms with Crippen molar-refractivity contribution in [2.45, 2.75) is 4.82 Å². The molecule has 0 fully saturated rings. The van der Waals surface area contributed by atoms with Crippen LogP contribution in [0.4, 0.5) is 0 Å². The van der Waals surface area contributed by atoms with Crippen LogP contribution in [-0.4, -0.2) is 15.0 Å². The fourth-order valence-electron chi connectivity index (χ4n) is 1.64. The van der Waals surface area contributed by atoms with Crippen molar-refractivity contribution < 1.29 is 0 Å². The Labute approximate surface area is 102 Å². The van der Waals surface area contributed by atoms with E-state index in [1.165, 1.54) is 11.1 Å². The van der Waals surface area contributed by atoms with Gasteiger partial charge in [0.1, 0.15) is 0 Å². The summed E-state index contributed by atoms with van der Waals surface area (Å²) in [7, 11) is 0. The summed E-state index contributed by atoms with van der Waals surface area (Å²) in [6, 6.07) is 20.5. The first-order chi connectivity index (χ1) is 7.92. The van der Waals surface area contributed by atoms with Crippen molar-refractivity contribution in [1.29, 1.82) is 5.26 Å². The van der Waals surface area contributed by atoms with Gasteiger partial charge in [-0.05, 0) is 0 Å². The second-order valence-corrected chi connectivity index (χ2v) is 5.28. The van der Waals surface area contributed by atoms with Crippen LogP contribution in [0, 0.1) is 10.2 Å². The van der Waals surface area contributed by atoms with Crippen LogP contribution in [0.2, 0.25) is 0 Å². The Kier molecular flexibility index (Phi) is 3.77. The first kappa shape index (κ1) is 11.0. The Morgan fingerprint density at radius 3 is 1.62 bits per heavy atom. The second kappa shape index (κ2) is 5.51. The summed E-state index contributed by atoms with van der Waals surface area (Å²) in [6.45, 7) is 0. The Bertz CT molecular complexity index is 434. The van der Waals surface area contributed by atoms with E-state index in [1.807, 2.05) is 36.4 Å². The molecule has 0 aliphatic heterocycles. The van der Waals surface area contributed by atoms with Crippen LogP contribution in [0.25, 0.3) is 0 Å². The molecule has 0 saturated heterocycles. The second-order valence-electron chi connectivity index (χ2n) is 3.41. The molecule has 0 saturated carbocycles. The SMILES string of the molecule is N#C[Se]C(c1ccccc1)c1ccccc1. The predicted molar refractivity (Wildman–Crippen MR) is 66.1 cm³/mol. The first-order valence-electron chi connectivity index (χ1n) is 5.06. The summed E-state index contributed by atoms with van der Waals surface area (Å²) in [5.74, 6) is 0. The molecule has 78 valence electrons. The first-order valence-corrected chi connectivity index (χ1v) is 6.91. The molecule has 0 N–H and O–H groups in total. The quantitative estimate of drug-likeness (QED) is 0.788. The van der Waals surface area contributed by atoms with Crippen molar-refractivity contribution in [3.8, 4) is 4.97 Å². The van der Waals surface area contributed by atoms with Gasteiger partial charge in [0.2, 0.25) is 0 Å². The van der Waals surface area contributed by atoms with Gasteiger partial charge >= 0.3 is 102 Å². The average Bonchev–Trinajstić information content (AvgIpc) is 2.38. The zero-order chi connectivity index (χ0) is 11.2. The number of nitriles is 1. The Hall–Kier alpha value is -1.55. The average molecular weight is 272 g/mol. The molecular formula is C14H11NSe. The van der Waals surface area contributed by atoms with Gasteiger partial charge < -0.3 is 0 Å². The van der Waals surface area contributed by atoms with E-state index in [4.69, 9.17) is 5.26 Å². The fourth-order valence-corrected chi connectivity index (χ4v) is 3.09. The summed E-state index contributed by atoms with van der Waals surface area (Å²) in [4.78, 5) is 2.58. The molecule has 0 radical (unpaired) electrons. The van der Waals surface area contributed by atoms with Crippen LogP contribution in [-0.2, 0) is 0 Å². The Balaban J connectivity index is 2.36. The molecule has 0 atom stereocenters. The van der Waals surface area contributed by atoms with Crippen molar-refractivity contribution in [2.24, 2.45) is 0 Å². The molecule has 0 amide bonds. The van der Waals surface area contributed by atoms with Crippen molar-refractivity contribution in [2.75, 3.05) is 0 Å². The molecule has 1 nitrogen and oxygen atoms in total. The maximum atomic E-state index is 8.94. The number of hydrogen-bond acceptors (Lipinski definition) is 1. The molecule has 0 aliphatic rings. The normalized spacial score (nSPS) is 10.0. The summed E-state index contributed by atoms with van der Waals surface area (Å²) < 4.78 is 0. The van der Waals surface area contributed by atoms with Gasteiger partial charge in [0.05, 0.1) is 0 Å². The van der Waals surface area contributed by atoms with Gasteiger partial charge in [0.25, 0.3) is 0 Å². The van der Waals surface area contributed by atoms with Gasteiger partial charge in [-0.1, -0.05) is 0 Å². The molecule has 2 aromatic rings. The van der Waals surface area contributed by atoms with Crippen molar-refractivity contribution in [3.05, 3.63) is 71.8 Å². The van der Waals surface area contributed by atoms with E-state index < -0.39 is 0 Å². The zero-order valence-corrected chi connectivity index (χ0v) is 10.4. The van der Waals surface area contributed by atoms with Crippen molar-refractivity contribution >= 4 is 15.0 Å². The van der Waals surface area contributed by atoms with Crippen LogP contribution in [0.3, 0.4) is 0 Å². The van der Waals surface area contributed by atoms with Crippen molar-refractivity contribution in [1.82, 2.24) is 0 Å². The van der Waals surface area contributed by atoms with Crippen molar-refractivity contribution in [3.63, 3.8) is 0 Å². The van der Waals surface area contributed by atoms with Gasteiger partial charge in [-0.3, -0.25) is 0 Å². The molecule has 0 heterocycles. The van der Waals surface area contributed by atoms with Gasteiger partial charge in [-0.2, -0.15) is 0 Å². The topological polar surface area (TPSA) is 23.8 Å². The third kappa shape index (κ3) is 2.52. The van der Waals surface area contributed by atoms with Crippen LogP contribution in [0.15, 0.2) is 60.7 Å². The summed E-state index contributed by atoms with van der Waals surface area (Å²) in [5, 5.41) is 8.94. The van der Waals surface area contributed by atoms with E-state index in [2.05, 4.69) is 29.2 Å². The van der Waals surface area contributed by atoms with Crippen LogP contribution < -0.4 is 0 Å². The number of nitrogens with zero attached hydrogens (tertiary/aromatic N) is 1. The third-order valence-corrected chi connectivity index (χ3v) is 4.23.